The van der Waals surface area contributed by atoms with Gasteiger partial charge in [-0.05, 0) is 43.3 Å². The van der Waals surface area contributed by atoms with Gasteiger partial charge in [0.15, 0.2) is 17.5 Å². The van der Waals surface area contributed by atoms with Crippen molar-refractivity contribution >= 4 is 17.3 Å². The molecule has 2 aromatic rings. The predicted molar refractivity (Wildman–Crippen MR) is 109 cm³/mol. The number of hydrogen-bond donors (Lipinski definition) is 3. The molecule has 1 amide bonds. The molecule has 0 spiro atoms. The minimum Gasteiger partial charge on any atom is -0.508 e. The van der Waals surface area contributed by atoms with Crippen LogP contribution in [0.1, 0.15) is 6.92 Å². The summed E-state index contributed by atoms with van der Waals surface area (Å²) < 4.78 is 10.5. The third-order valence-corrected chi connectivity index (χ3v) is 5.28. The van der Waals surface area contributed by atoms with Crippen LogP contribution in [0.15, 0.2) is 42.5 Å². The molecule has 150 valence electrons. The van der Waals surface area contributed by atoms with Crippen molar-refractivity contribution in [2.75, 3.05) is 50.6 Å². The number of phenols is 1. The van der Waals surface area contributed by atoms with E-state index in [0.717, 1.165) is 31.9 Å². The number of hydrogen-bond acceptors (Lipinski definition) is 5. The lowest BCUT2D eigenvalue weighted by atomic mass is 10.2. The van der Waals surface area contributed by atoms with E-state index < -0.39 is 0 Å². The number of carbonyl (C=O) groups is 1. The van der Waals surface area contributed by atoms with Gasteiger partial charge in [0.25, 0.3) is 5.91 Å². The standard InChI is InChI=1S/C21H27N3O4/c1-15(21(26)22-16-4-9-19(27-2)20(14-16)28-3)23-10-12-24(13-11-23)17-5-7-18(25)8-6-17/h4-9,14-15,25H,10-13H2,1-3H3,(H,22,26)/p+1/t15-/m1/s1. The fraction of sp³-hybridized carbons (Fsp3) is 0.381. The fourth-order valence-electron chi connectivity index (χ4n) is 3.50. The van der Waals surface area contributed by atoms with E-state index in [2.05, 4.69) is 10.2 Å². The lowest BCUT2D eigenvalue weighted by molar-refractivity contribution is -0.914. The summed E-state index contributed by atoms with van der Waals surface area (Å²) in [5.74, 6) is 1.47. The number of phenolic OH excluding ortho intramolecular Hbond substituents is 1. The summed E-state index contributed by atoms with van der Waals surface area (Å²) in [5.41, 5.74) is 1.79. The van der Waals surface area contributed by atoms with Gasteiger partial charge in [0.1, 0.15) is 5.75 Å². The van der Waals surface area contributed by atoms with E-state index in [0.29, 0.717) is 17.2 Å². The lowest BCUT2D eigenvalue weighted by Gasteiger charge is -2.36. The maximum atomic E-state index is 12.7. The van der Waals surface area contributed by atoms with Gasteiger partial charge in [-0.25, -0.2) is 0 Å². The maximum absolute atomic E-state index is 12.7. The molecule has 0 saturated carbocycles. The molecule has 1 fully saturated rings. The molecule has 0 unspecified atom stereocenters. The molecule has 1 heterocycles. The molecule has 1 atom stereocenters. The number of carbonyl (C=O) groups excluding carboxylic acids is 1. The first kappa shape index (κ1) is 19.8. The molecule has 0 radical (unpaired) electrons. The summed E-state index contributed by atoms with van der Waals surface area (Å²) in [6, 6.07) is 12.5. The molecule has 2 aromatic carbocycles. The Kier molecular flexibility index (Phi) is 6.26. The Bertz CT molecular complexity index is 802. The minimum atomic E-state index is -0.157. The number of anilines is 2. The zero-order valence-corrected chi connectivity index (χ0v) is 16.6. The second kappa shape index (κ2) is 8.84. The Morgan fingerprint density at radius 2 is 1.71 bits per heavy atom. The summed E-state index contributed by atoms with van der Waals surface area (Å²) in [5, 5.41) is 12.4. The van der Waals surface area contributed by atoms with Gasteiger partial charge in [0, 0.05) is 17.4 Å². The van der Waals surface area contributed by atoms with Crippen LogP contribution in [0.5, 0.6) is 17.2 Å². The summed E-state index contributed by atoms with van der Waals surface area (Å²) in [6.45, 7) is 5.45. The van der Waals surface area contributed by atoms with Crippen LogP contribution >= 0.6 is 0 Å². The smallest absolute Gasteiger partial charge is 0.282 e. The Hall–Kier alpha value is -2.93. The molecule has 7 heteroatoms. The highest BCUT2D eigenvalue weighted by molar-refractivity contribution is 5.93. The van der Waals surface area contributed by atoms with Gasteiger partial charge in [-0.2, -0.15) is 0 Å². The average molecular weight is 386 g/mol. The SMILES string of the molecule is COc1ccc(NC(=O)[C@@H](C)[NH+]2CCN(c3ccc(O)cc3)CC2)cc1OC. The number of quaternary nitrogens is 1. The monoisotopic (exact) mass is 386 g/mol. The lowest BCUT2D eigenvalue weighted by Crippen LogP contribution is -3.19. The third-order valence-electron chi connectivity index (χ3n) is 5.28. The van der Waals surface area contributed by atoms with E-state index in [4.69, 9.17) is 9.47 Å². The normalized spacial score (nSPS) is 15.8. The number of nitrogens with one attached hydrogen (secondary N) is 2. The number of nitrogens with zero attached hydrogens (tertiary/aromatic N) is 1. The molecule has 0 aromatic heterocycles. The van der Waals surface area contributed by atoms with Crippen LogP contribution in [0.25, 0.3) is 0 Å². The van der Waals surface area contributed by atoms with Crippen LogP contribution < -0.4 is 24.6 Å². The molecule has 7 nitrogen and oxygen atoms in total. The molecule has 1 aliphatic heterocycles. The third kappa shape index (κ3) is 4.48. The van der Waals surface area contributed by atoms with Crippen LogP contribution in [0, 0.1) is 0 Å². The maximum Gasteiger partial charge on any atom is 0.282 e. The van der Waals surface area contributed by atoms with Crippen LogP contribution in [-0.4, -0.2) is 57.5 Å². The molecule has 1 aliphatic rings. The van der Waals surface area contributed by atoms with Crippen molar-refractivity contribution in [1.29, 1.82) is 0 Å². The van der Waals surface area contributed by atoms with Crippen molar-refractivity contribution in [3.63, 3.8) is 0 Å². The summed E-state index contributed by atoms with van der Waals surface area (Å²) in [4.78, 5) is 16.2. The molecule has 1 saturated heterocycles. The van der Waals surface area contributed by atoms with Crippen molar-refractivity contribution in [2.24, 2.45) is 0 Å². The van der Waals surface area contributed by atoms with Gasteiger partial charge in [-0.15, -0.1) is 0 Å². The largest absolute Gasteiger partial charge is 0.508 e. The second-order valence-corrected chi connectivity index (χ2v) is 6.94. The Balaban J connectivity index is 1.56. The molecule has 28 heavy (non-hydrogen) atoms. The molecular formula is C21H28N3O4+. The van der Waals surface area contributed by atoms with E-state index >= 15 is 0 Å². The van der Waals surface area contributed by atoms with Crippen LogP contribution in [-0.2, 0) is 4.79 Å². The topological polar surface area (TPSA) is 75.5 Å². The summed E-state index contributed by atoms with van der Waals surface area (Å²) in [6.07, 6.45) is 0. The number of amides is 1. The zero-order chi connectivity index (χ0) is 20.1. The number of benzene rings is 2. The molecule has 0 bridgehead atoms. The number of methoxy groups -OCH3 is 2. The van der Waals surface area contributed by atoms with E-state index in [1.165, 1.54) is 4.90 Å². The van der Waals surface area contributed by atoms with Gasteiger partial charge < -0.3 is 29.7 Å². The van der Waals surface area contributed by atoms with Gasteiger partial charge in [-0.3, -0.25) is 4.79 Å². The average Bonchev–Trinajstić information content (AvgIpc) is 2.73. The predicted octanol–water partition coefficient (Wildman–Crippen LogP) is 1.14. The Morgan fingerprint density at radius 1 is 1.07 bits per heavy atom. The van der Waals surface area contributed by atoms with Gasteiger partial charge in [-0.1, -0.05) is 0 Å². The molecular weight excluding hydrogens is 358 g/mol. The van der Waals surface area contributed by atoms with E-state index in [1.54, 1.807) is 38.5 Å². The van der Waals surface area contributed by atoms with Crippen LogP contribution in [0.3, 0.4) is 0 Å². The van der Waals surface area contributed by atoms with Crippen molar-refractivity contribution in [3.05, 3.63) is 42.5 Å². The van der Waals surface area contributed by atoms with Crippen LogP contribution in [0.2, 0.25) is 0 Å². The van der Waals surface area contributed by atoms with Gasteiger partial charge in [0.2, 0.25) is 0 Å². The molecule has 0 aliphatic carbocycles. The second-order valence-electron chi connectivity index (χ2n) is 6.94. The van der Waals surface area contributed by atoms with E-state index in [9.17, 15) is 9.90 Å². The minimum absolute atomic E-state index is 0.0136. The number of ether oxygens (including phenoxy) is 2. The number of piperazine rings is 1. The van der Waals surface area contributed by atoms with E-state index in [-0.39, 0.29) is 17.7 Å². The summed E-state index contributed by atoms with van der Waals surface area (Å²) >= 11 is 0. The number of aromatic hydroxyl groups is 1. The molecule has 3 N–H and O–H groups in total. The quantitative estimate of drug-likeness (QED) is 0.694. The first-order valence-electron chi connectivity index (χ1n) is 9.43. The van der Waals surface area contributed by atoms with Crippen molar-refractivity contribution in [2.45, 2.75) is 13.0 Å². The zero-order valence-electron chi connectivity index (χ0n) is 16.6. The van der Waals surface area contributed by atoms with Crippen molar-refractivity contribution < 1.29 is 24.3 Å². The Morgan fingerprint density at radius 3 is 2.32 bits per heavy atom. The number of rotatable bonds is 6. The van der Waals surface area contributed by atoms with Crippen LogP contribution in [0.4, 0.5) is 11.4 Å². The fourth-order valence-corrected chi connectivity index (χ4v) is 3.50. The van der Waals surface area contributed by atoms with Crippen molar-refractivity contribution in [3.8, 4) is 17.2 Å². The van der Waals surface area contributed by atoms with E-state index in [1.807, 2.05) is 25.1 Å². The highest BCUT2D eigenvalue weighted by Gasteiger charge is 2.29. The highest BCUT2D eigenvalue weighted by Crippen LogP contribution is 2.29. The molecule has 3 rings (SSSR count). The first-order valence-corrected chi connectivity index (χ1v) is 9.43. The first-order chi connectivity index (χ1) is 13.5. The van der Waals surface area contributed by atoms with Crippen molar-refractivity contribution in [1.82, 2.24) is 0 Å². The van der Waals surface area contributed by atoms with Gasteiger partial charge in [0.05, 0.1) is 40.4 Å². The summed E-state index contributed by atoms with van der Waals surface area (Å²) in [7, 11) is 3.16. The highest BCUT2D eigenvalue weighted by atomic mass is 16.5. The Labute approximate surface area is 165 Å². The van der Waals surface area contributed by atoms with Gasteiger partial charge >= 0.3 is 0 Å².